The molecule has 0 saturated heterocycles. The lowest BCUT2D eigenvalue weighted by Crippen LogP contribution is -2.18. The smallest absolute Gasteiger partial charge is 0.416 e. The summed E-state index contributed by atoms with van der Waals surface area (Å²) in [6.07, 6.45) is -4.24. The van der Waals surface area contributed by atoms with Crippen molar-refractivity contribution < 1.29 is 18.3 Å². The SMILES string of the molecule is CC(N)Cc1cc(C(F)(F)F)cc(Br)c1O. The lowest BCUT2D eigenvalue weighted by atomic mass is 10.0. The summed E-state index contributed by atoms with van der Waals surface area (Å²) in [4.78, 5) is 0. The molecule has 1 rings (SSSR count). The molecule has 0 radical (unpaired) electrons. The maximum Gasteiger partial charge on any atom is 0.416 e. The van der Waals surface area contributed by atoms with Crippen molar-refractivity contribution in [2.24, 2.45) is 5.73 Å². The molecule has 0 aliphatic rings. The van der Waals surface area contributed by atoms with Crippen molar-refractivity contribution in [3.8, 4) is 5.75 Å². The van der Waals surface area contributed by atoms with Crippen molar-refractivity contribution >= 4 is 15.9 Å². The Kier molecular flexibility index (Phi) is 3.85. The molecule has 6 heteroatoms. The predicted molar refractivity (Wildman–Crippen MR) is 58.2 cm³/mol. The Labute approximate surface area is 99.4 Å². The number of nitrogens with two attached hydrogens (primary N) is 1. The van der Waals surface area contributed by atoms with Crippen LogP contribution in [0.25, 0.3) is 0 Å². The van der Waals surface area contributed by atoms with Crippen LogP contribution < -0.4 is 5.73 Å². The maximum atomic E-state index is 12.5. The van der Waals surface area contributed by atoms with Gasteiger partial charge < -0.3 is 10.8 Å². The molecule has 0 heterocycles. The number of phenols is 1. The first-order valence-electron chi connectivity index (χ1n) is 4.56. The van der Waals surface area contributed by atoms with E-state index in [-0.39, 0.29) is 28.2 Å². The van der Waals surface area contributed by atoms with Crippen LogP contribution in [0, 0.1) is 0 Å². The first kappa shape index (κ1) is 13.3. The summed E-state index contributed by atoms with van der Waals surface area (Å²) in [5.41, 5.74) is 4.89. The highest BCUT2D eigenvalue weighted by Gasteiger charge is 2.32. The molecule has 0 amide bonds. The molecule has 16 heavy (non-hydrogen) atoms. The molecular weight excluding hydrogens is 287 g/mol. The highest BCUT2D eigenvalue weighted by atomic mass is 79.9. The topological polar surface area (TPSA) is 46.2 Å². The third kappa shape index (κ3) is 3.12. The van der Waals surface area contributed by atoms with Gasteiger partial charge >= 0.3 is 6.18 Å². The molecule has 0 bridgehead atoms. The Bertz CT molecular complexity index is 390. The van der Waals surface area contributed by atoms with Crippen LogP contribution in [0.1, 0.15) is 18.1 Å². The molecule has 0 fully saturated rings. The molecule has 90 valence electrons. The van der Waals surface area contributed by atoms with Gasteiger partial charge in [-0.05, 0) is 47.0 Å². The Morgan fingerprint density at radius 2 is 2.00 bits per heavy atom. The molecular formula is C10H11BrF3NO. The lowest BCUT2D eigenvalue weighted by Gasteiger charge is -2.13. The normalized spacial score (nSPS) is 13.9. The van der Waals surface area contributed by atoms with Crippen molar-refractivity contribution in [2.45, 2.75) is 25.6 Å². The zero-order chi connectivity index (χ0) is 12.5. The summed E-state index contributed by atoms with van der Waals surface area (Å²) in [6, 6.07) is 1.45. The van der Waals surface area contributed by atoms with E-state index in [1.807, 2.05) is 0 Å². The first-order valence-corrected chi connectivity index (χ1v) is 5.35. The molecule has 2 nitrogen and oxygen atoms in total. The number of hydrogen-bond donors (Lipinski definition) is 2. The van der Waals surface area contributed by atoms with Crippen molar-refractivity contribution in [3.05, 3.63) is 27.7 Å². The number of aromatic hydroxyl groups is 1. The minimum absolute atomic E-state index is 0.0259. The number of rotatable bonds is 2. The molecule has 0 aromatic heterocycles. The third-order valence-electron chi connectivity index (χ3n) is 2.01. The zero-order valence-corrected chi connectivity index (χ0v) is 10.1. The number of phenolic OH excluding ortho intramolecular Hbond substituents is 1. The Morgan fingerprint density at radius 1 is 1.44 bits per heavy atom. The fraction of sp³-hybridized carbons (Fsp3) is 0.400. The zero-order valence-electron chi connectivity index (χ0n) is 8.48. The van der Waals surface area contributed by atoms with Crippen molar-refractivity contribution in [3.63, 3.8) is 0 Å². The highest BCUT2D eigenvalue weighted by Crippen LogP contribution is 2.37. The molecule has 1 unspecified atom stereocenters. The molecule has 0 aliphatic carbocycles. The number of hydrogen-bond acceptors (Lipinski definition) is 2. The summed E-state index contributed by atoms with van der Waals surface area (Å²) >= 11 is 2.89. The molecule has 0 saturated carbocycles. The van der Waals surface area contributed by atoms with E-state index in [2.05, 4.69) is 15.9 Å². The van der Waals surface area contributed by atoms with Crippen LogP contribution >= 0.6 is 15.9 Å². The second-order valence-electron chi connectivity index (χ2n) is 3.64. The fourth-order valence-electron chi connectivity index (χ4n) is 1.32. The molecule has 0 spiro atoms. The largest absolute Gasteiger partial charge is 0.506 e. The van der Waals surface area contributed by atoms with Gasteiger partial charge in [-0.3, -0.25) is 0 Å². The fourth-order valence-corrected chi connectivity index (χ4v) is 1.82. The van der Waals surface area contributed by atoms with Crippen LogP contribution in [0.4, 0.5) is 13.2 Å². The Balaban J connectivity index is 3.22. The van der Waals surface area contributed by atoms with E-state index in [1.165, 1.54) is 0 Å². The minimum Gasteiger partial charge on any atom is -0.506 e. The van der Waals surface area contributed by atoms with Crippen LogP contribution in [0.5, 0.6) is 5.75 Å². The van der Waals surface area contributed by atoms with Crippen LogP contribution in [-0.2, 0) is 12.6 Å². The molecule has 1 aromatic rings. The van der Waals surface area contributed by atoms with Gasteiger partial charge in [-0.25, -0.2) is 0 Å². The third-order valence-corrected chi connectivity index (χ3v) is 2.62. The van der Waals surface area contributed by atoms with Gasteiger partial charge in [-0.15, -0.1) is 0 Å². The van der Waals surface area contributed by atoms with Crippen LogP contribution in [-0.4, -0.2) is 11.1 Å². The maximum absolute atomic E-state index is 12.5. The van der Waals surface area contributed by atoms with Crippen LogP contribution in [0.2, 0.25) is 0 Å². The number of halogens is 4. The van der Waals surface area contributed by atoms with Gasteiger partial charge in [-0.1, -0.05) is 0 Å². The molecule has 1 atom stereocenters. The first-order chi connectivity index (χ1) is 7.21. The lowest BCUT2D eigenvalue weighted by molar-refractivity contribution is -0.137. The van der Waals surface area contributed by atoms with Gasteiger partial charge in [0.1, 0.15) is 5.75 Å². The summed E-state index contributed by atoms with van der Waals surface area (Å²) < 4.78 is 37.5. The van der Waals surface area contributed by atoms with E-state index in [1.54, 1.807) is 6.92 Å². The average Bonchev–Trinajstić information content (AvgIpc) is 2.10. The Morgan fingerprint density at radius 3 is 2.44 bits per heavy atom. The standard InChI is InChI=1S/C10H11BrF3NO/c1-5(15)2-6-3-7(10(12,13)14)4-8(11)9(6)16/h3-5,16H,2,15H2,1H3. The van der Waals surface area contributed by atoms with E-state index in [0.717, 1.165) is 12.1 Å². The van der Waals surface area contributed by atoms with Crippen LogP contribution in [0.3, 0.4) is 0 Å². The second-order valence-corrected chi connectivity index (χ2v) is 4.50. The van der Waals surface area contributed by atoms with Crippen molar-refractivity contribution in [2.75, 3.05) is 0 Å². The van der Waals surface area contributed by atoms with Gasteiger partial charge in [0, 0.05) is 6.04 Å². The second kappa shape index (κ2) is 4.63. The van der Waals surface area contributed by atoms with Crippen molar-refractivity contribution in [1.29, 1.82) is 0 Å². The highest BCUT2D eigenvalue weighted by molar-refractivity contribution is 9.10. The van der Waals surface area contributed by atoms with Crippen LogP contribution in [0.15, 0.2) is 16.6 Å². The van der Waals surface area contributed by atoms with Gasteiger partial charge in [0.15, 0.2) is 0 Å². The van der Waals surface area contributed by atoms with E-state index >= 15 is 0 Å². The number of benzene rings is 1. The quantitative estimate of drug-likeness (QED) is 0.881. The minimum atomic E-state index is -4.43. The van der Waals surface area contributed by atoms with Gasteiger partial charge in [0.2, 0.25) is 0 Å². The van der Waals surface area contributed by atoms with Crippen molar-refractivity contribution in [1.82, 2.24) is 0 Å². The summed E-state index contributed by atoms with van der Waals surface area (Å²) in [5, 5.41) is 9.57. The summed E-state index contributed by atoms with van der Waals surface area (Å²) in [7, 11) is 0. The predicted octanol–water partition coefficient (Wildman–Crippen LogP) is 3.06. The summed E-state index contributed by atoms with van der Waals surface area (Å²) in [6.45, 7) is 1.66. The Hall–Kier alpha value is -0.750. The average molecular weight is 298 g/mol. The summed E-state index contributed by atoms with van der Waals surface area (Å²) in [5.74, 6) is -0.190. The molecule has 0 aliphatic heterocycles. The van der Waals surface area contributed by atoms with E-state index in [4.69, 9.17) is 5.73 Å². The van der Waals surface area contributed by atoms with Gasteiger partial charge in [0.25, 0.3) is 0 Å². The van der Waals surface area contributed by atoms with Gasteiger partial charge in [0.05, 0.1) is 10.0 Å². The monoisotopic (exact) mass is 297 g/mol. The van der Waals surface area contributed by atoms with Gasteiger partial charge in [-0.2, -0.15) is 13.2 Å². The van der Waals surface area contributed by atoms with E-state index in [9.17, 15) is 18.3 Å². The molecule has 3 N–H and O–H groups in total. The van der Waals surface area contributed by atoms with E-state index < -0.39 is 11.7 Å². The molecule has 1 aromatic carbocycles. The number of alkyl halides is 3. The van der Waals surface area contributed by atoms with E-state index in [0.29, 0.717) is 0 Å².